The van der Waals surface area contributed by atoms with Crippen LogP contribution in [0.5, 0.6) is 0 Å². The van der Waals surface area contributed by atoms with Crippen LogP contribution in [0.25, 0.3) is 16.9 Å². The van der Waals surface area contributed by atoms with Crippen molar-refractivity contribution in [1.82, 2.24) is 9.38 Å². The molecule has 2 N–H and O–H groups in total. The quantitative estimate of drug-likeness (QED) is 0.755. The maximum Gasteiger partial charge on any atom is 0.303 e. The Kier molecular flexibility index (Phi) is 4.29. The number of fused-ring (bicyclic) bond motifs is 1. The number of pyridine rings is 1. The second kappa shape index (κ2) is 6.54. The van der Waals surface area contributed by atoms with E-state index in [1.54, 1.807) is 4.40 Å². The van der Waals surface area contributed by atoms with E-state index < -0.39 is 5.97 Å². The zero-order valence-electron chi connectivity index (χ0n) is 13.2. The van der Waals surface area contributed by atoms with Gasteiger partial charge in [0.25, 0.3) is 0 Å². The molecule has 2 heterocycles. The van der Waals surface area contributed by atoms with Crippen LogP contribution in [0.1, 0.15) is 18.4 Å². The molecule has 0 aliphatic carbocycles. The summed E-state index contributed by atoms with van der Waals surface area (Å²) < 4.78 is 1.80. The summed E-state index contributed by atoms with van der Waals surface area (Å²) >= 11 is 0. The van der Waals surface area contributed by atoms with Gasteiger partial charge in [-0.1, -0.05) is 30.3 Å². The van der Waals surface area contributed by atoms with Gasteiger partial charge in [0, 0.05) is 18.2 Å². The Bertz CT molecular complexity index is 901. The van der Waals surface area contributed by atoms with Gasteiger partial charge in [-0.3, -0.25) is 14.0 Å². The minimum Gasteiger partial charge on any atom is -0.481 e. The number of benzene rings is 1. The number of carboxylic acid groups (broad SMARTS) is 1. The van der Waals surface area contributed by atoms with Crippen molar-refractivity contribution in [3.05, 3.63) is 54.2 Å². The van der Waals surface area contributed by atoms with E-state index in [0.29, 0.717) is 11.5 Å². The van der Waals surface area contributed by atoms with Gasteiger partial charge in [0.05, 0.1) is 6.42 Å². The lowest BCUT2D eigenvalue weighted by Gasteiger charge is -2.07. The standard InChI is InChI=1S/C18H17N3O3/c1-12-9-10-21-14(11-12)19-17(13-5-3-2-4-6-13)18(21)20-15(22)7-8-16(23)24/h2-6,9-11H,7-8H2,1H3,(H,20,22)(H,23,24). The molecule has 122 valence electrons. The van der Waals surface area contributed by atoms with Gasteiger partial charge >= 0.3 is 5.97 Å². The average Bonchev–Trinajstić information content (AvgIpc) is 2.91. The molecule has 1 aromatic carbocycles. The van der Waals surface area contributed by atoms with Gasteiger partial charge in [0.2, 0.25) is 5.91 Å². The van der Waals surface area contributed by atoms with Crippen molar-refractivity contribution in [2.24, 2.45) is 0 Å². The number of carboxylic acids is 1. The molecule has 0 unspecified atom stereocenters. The van der Waals surface area contributed by atoms with Crippen LogP contribution in [0.3, 0.4) is 0 Å². The number of anilines is 1. The molecular weight excluding hydrogens is 306 g/mol. The van der Waals surface area contributed by atoms with Crippen molar-refractivity contribution in [3.8, 4) is 11.3 Å². The van der Waals surface area contributed by atoms with Crippen LogP contribution in [0.2, 0.25) is 0 Å². The Labute approximate surface area is 138 Å². The van der Waals surface area contributed by atoms with Gasteiger partial charge in [0.15, 0.2) is 0 Å². The molecular formula is C18H17N3O3. The molecule has 0 saturated carbocycles. The predicted molar refractivity (Wildman–Crippen MR) is 90.9 cm³/mol. The highest BCUT2D eigenvalue weighted by Crippen LogP contribution is 2.29. The van der Waals surface area contributed by atoms with E-state index >= 15 is 0 Å². The van der Waals surface area contributed by atoms with Crippen molar-refractivity contribution in [1.29, 1.82) is 0 Å². The van der Waals surface area contributed by atoms with E-state index in [1.807, 2.05) is 55.6 Å². The number of rotatable bonds is 5. The van der Waals surface area contributed by atoms with E-state index in [-0.39, 0.29) is 18.7 Å². The lowest BCUT2D eigenvalue weighted by molar-refractivity contribution is -0.138. The lowest BCUT2D eigenvalue weighted by Crippen LogP contribution is -2.15. The van der Waals surface area contributed by atoms with E-state index in [1.165, 1.54) is 0 Å². The van der Waals surface area contributed by atoms with Gasteiger partial charge in [-0.15, -0.1) is 0 Å². The molecule has 0 fully saturated rings. The normalized spacial score (nSPS) is 10.7. The van der Waals surface area contributed by atoms with Crippen molar-refractivity contribution >= 4 is 23.3 Å². The summed E-state index contributed by atoms with van der Waals surface area (Å²) in [6, 6.07) is 13.4. The number of hydrogen-bond acceptors (Lipinski definition) is 3. The van der Waals surface area contributed by atoms with Crippen molar-refractivity contribution in [2.75, 3.05) is 5.32 Å². The zero-order chi connectivity index (χ0) is 17.1. The SMILES string of the molecule is Cc1ccn2c(NC(=O)CCC(=O)O)c(-c3ccccc3)nc2c1. The molecule has 0 spiro atoms. The van der Waals surface area contributed by atoms with Crippen LogP contribution in [-0.2, 0) is 9.59 Å². The fraction of sp³-hybridized carbons (Fsp3) is 0.167. The third-order valence-electron chi connectivity index (χ3n) is 3.65. The number of nitrogens with one attached hydrogen (secondary N) is 1. The molecule has 2 aromatic heterocycles. The summed E-state index contributed by atoms with van der Waals surface area (Å²) in [6.07, 6.45) is 1.56. The highest BCUT2D eigenvalue weighted by atomic mass is 16.4. The zero-order valence-corrected chi connectivity index (χ0v) is 13.2. The summed E-state index contributed by atoms with van der Waals surface area (Å²) in [5.41, 5.74) is 3.33. The smallest absolute Gasteiger partial charge is 0.303 e. The van der Waals surface area contributed by atoms with Crippen molar-refractivity contribution in [3.63, 3.8) is 0 Å². The summed E-state index contributed by atoms with van der Waals surface area (Å²) in [7, 11) is 0. The number of hydrogen-bond donors (Lipinski definition) is 2. The number of carbonyl (C=O) groups excluding carboxylic acids is 1. The molecule has 24 heavy (non-hydrogen) atoms. The third kappa shape index (κ3) is 3.27. The van der Waals surface area contributed by atoms with E-state index in [2.05, 4.69) is 10.3 Å². The summed E-state index contributed by atoms with van der Waals surface area (Å²) in [5, 5.41) is 11.5. The Balaban J connectivity index is 2.03. The van der Waals surface area contributed by atoms with Gasteiger partial charge in [-0.25, -0.2) is 4.98 Å². The average molecular weight is 323 g/mol. The molecule has 6 heteroatoms. The van der Waals surface area contributed by atoms with Crippen LogP contribution in [0, 0.1) is 6.92 Å². The van der Waals surface area contributed by atoms with Crippen molar-refractivity contribution < 1.29 is 14.7 Å². The first-order valence-electron chi connectivity index (χ1n) is 7.60. The fourth-order valence-corrected chi connectivity index (χ4v) is 2.48. The van der Waals surface area contributed by atoms with Gasteiger partial charge in [-0.2, -0.15) is 0 Å². The molecule has 0 saturated heterocycles. The second-order valence-corrected chi connectivity index (χ2v) is 5.55. The molecule has 0 atom stereocenters. The number of nitrogens with zero attached hydrogens (tertiary/aromatic N) is 2. The Morgan fingerprint density at radius 3 is 2.62 bits per heavy atom. The van der Waals surface area contributed by atoms with E-state index in [0.717, 1.165) is 16.8 Å². The van der Waals surface area contributed by atoms with Gasteiger partial charge in [0.1, 0.15) is 17.2 Å². The predicted octanol–water partition coefficient (Wildman–Crippen LogP) is 3.11. The number of aliphatic carboxylic acids is 1. The summed E-state index contributed by atoms with van der Waals surface area (Å²) in [5.74, 6) is -0.800. The Hall–Kier alpha value is -3.15. The summed E-state index contributed by atoms with van der Waals surface area (Å²) in [6.45, 7) is 1.97. The monoisotopic (exact) mass is 323 g/mol. The largest absolute Gasteiger partial charge is 0.481 e. The Morgan fingerprint density at radius 1 is 1.17 bits per heavy atom. The molecule has 3 rings (SSSR count). The molecule has 0 aliphatic rings. The van der Waals surface area contributed by atoms with Crippen LogP contribution in [0.15, 0.2) is 48.7 Å². The molecule has 1 amide bonds. The molecule has 0 bridgehead atoms. The highest BCUT2D eigenvalue weighted by Gasteiger charge is 2.16. The first kappa shape index (κ1) is 15.7. The Morgan fingerprint density at radius 2 is 1.92 bits per heavy atom. The molecule has 0 aliphatic heterocycles. The minimum absolute atomic E-state index is 0.0807. The van der Waals surface area contributed by atoms with Gasteiger partial charge in [-0.05, 0) is 24.6 Å². The summed E-state index contributed by atoms with van der Waals surface area (Å²) in [4.78, 5) is 27.4. The maximum atomic E-state index is 12.1. The topological polar surface area (TPSA) is 83.7 Å². The highest BCUT2D eigenvalue weighted by molar-refractivity contribution is 5.95. The fourth-order valence-electron chi connectivity index (χ4n) is 2.48. The second-order valence-electron chi connectivity index (χ2n) is 5.55. The van der Waals surface area contributed by atoms with E-state index in [4.69, 9.17) is 5.11 Å². The number of aryl methyl sites for hydroxylation is 1. The molecule has 6 nitrogen and oxygen atoms in total. The number of carbonyl (C=O) groups is 2. The van der Waals surface area contributed by atoms with Gasteiger partial charge < -0.3 is 10.4 Å². The first-order chi connectivity index (χ1) is 11.5. The van der Waals surface area contributed by atoms with Crippen LogP contribution >= 0.6 is 0 Å². The third-order valence-corrected chi connectivity index (χ3v) is 3.65. The number of aromatic nitrogens is 2. The van der Waals surface area contributed by atoms with E-state index in [9.17, 15) is 9.59 Å². The number of imidazole rings is 1. The lowest BCUT2D eigenvalue weighted by atomic mass is 10.1. The number of amides is 1. The first-order valence-corrected chi connectivity index (χ1v) is 7.60. The van der Waals surface area contributed by atoms with Crippen molar-refractivity contribution in [2.45, 2.75) is 19.8 Å². The minimum atomic E-state index is -0.998. The van der Waals surface area contributed by atoms with Crippen LogP contribution in [0.4, 0.5) is 5.82 Å². The molecule has 3 aromatic rings. The molecule has 0 radical (unpaired) electrons. The van der Waals surface area contributed by atoms with Crippen LogP contribution < -0.4 is 5.32 Å². The van der Waals surface area contributed by atoms with Crippen LogP contribution in [-0.4, -0.2) is 26.4 Å². The maximum absolute atomic E-state index is 12.1.